The molecular weight excluding hydrogens is 682 g/mol. The minimum absolute atomic E-state index is 0.0917. The lowest BCUT2D eigenvalue weighted by Crippen LogP contribution is -2.68. The number of rotatable bonds is 14. The van der Waals surface area contributed by atoms with Gasteiger partial charge in [-0.15, -0.1) is 0 Å². The highest BCUT2D eigenvalue weighted by Crippen LogP contribution is 2.35. The van der Waals surface area contributed by atoms with Crippen LogP contribution in [0.2, 0.25) is 0 Å². The second-order valence-corrected chi connectivity index (χ2v) is 14.0. The van der Waals surface area contributed by atoms with Gasteiger partial charge in [-0.25, -0.2) is 0 Å². The number of hydrogen-bond acceptors (Lipinski definition) is 21. The van der Waals surface area contributed by atoms with Crippen LogP contribution in [0.3, 0.4) is 0 Å². The van der Waals surface area contributed by atoms with Gasteiger partial charge in [0.15, 0.2) is 18.9 Å². The summed E-state index contributed by atoms with van der Waals surface area (Å²) in [5.41, 5.74) is 30.8. The Balaban J connectivity index is 1.36. The number of aliphatic hydroxyl groups is 7. The Morgan fingerprint density at radius 2 is 1.18 bits per heavy atom. The van der Waals surface area contributed by atoms with E-state index in [0.29, 0.717) is 6.54 Å². The molecule has 19 N–H and O–H groups in total. The summed E-state index contributed by atoms with van der Waals surface area (Å²) >= 11 is 0. The molecule has 0 aromatic heterocycles. The first-order chi connectivity index (χ1) is 24.4. The number of piperidine rings is 1. The molecular formula is C30H59N7O14. The zero-order chi connectivity index (χ0) is 37.0. The lowest BCUT2D eigenvalue weighted by atomic mass is 9.84. The second-order valence-electron chi connectivity index (χ2n) is 14.0. The highest BCUT2D eigenvalue weighted by atomic mass is 16.8. The van der Waals surface area contributed by atoms with Gasteiger partial charge in [0.05, 0.1) is 38.0 Å². The molecule has 0 bridgehead atoms. The highest BCUT2D eigenvalue weighted by Gasteiger charge is 2.55. The maximum absolute atomic E-state index is 11.3. The standard InChI is InChI=1S/C30H59N7O14/c31-8-14-20(41)22(43)17(34)28(46-14)50-25-16(10-39)48-30(27(25)45-6-5-37-11-1-3-36-4-2-11)51-26-19(40)12(32)7-13(33)24(26)49-29-18(35)23(44)21(42)15(9-38)47-29/h11-30,36-44H,1-10,31-35H2/t12-,13+,14+,15-,16-,17-,18-,19+,20-,21-,22-,23-,24?,25-,26-,27-,28-,29-,30+/m1/s1. The monoisotopic (exact) mass is 741 g/mol. The Hall–Kier alpha value is -0.840. The van der Waals surface area contributed by atoms with E-state index >= 15 is 0 Å². The quantitative estimate of drug-likeness (QED) is 0.0735. The maximum Gasteiger partial charge on any atom is 0.187 e. The van der Waals surface area contributed by atoms with Gasteiger partial charge >= 0.3 is 0 Å². The van der Waals surface area contributed by atoms with E-state index in [1.165, 1.54) is 0 Å². The minimum atomic E-state index is -1.52. The van der Waals surface area contributed by atoms with Gasteiger partial charge in [0, 0.05) is 31.2 Å². The molecule has 4 saturated heterocycles. The van der Waals surface area contributed by atoms with Crippen molar-refractivity contribution in [3.8, 4) is 0 Å². The molecule has 1 unspecified atom stereocenters. The van der Waals surface area contributed by atoms with Crippen molar-refractivity contribution in [1.29, 1.82) is 0 Å². The predicted octanol–water partition coefficient (Wildman–Crippen LogP) is -8.50. The van der Waals surface area contributed by atoms with Crippen molar-refractivity contribution in [1.82, 2.24) is 10.6 Å². The first-order valence-electron chi connectivity index (χ1n) is 17.7. The van der Waals surface area contributed by atoms with Crippen molar-refractivity contribution >= 4 is 0 Å². The van der Waals surface area contributed by atoms with Crippen molar-refractivity contribution in [3.63, 3.8) is 0 Å². The highest BCUT2D eigenvalue weighted by molar-refractivity contribution is 5.02. The molecule has 5 rings (SSSR count). The Bertz CT molecular complexity index is 1060. The van der Waals surface area contributed by atoms with E-state index in [2.05, 4.69) is 10.6 Å². The molecule has 5 aliphatic rings. The van der Waals surface area contributed by atoms with Gasteiger partial charge in [-0.2, -0.15) is 0 Å². The summed E-state index contributed by atoms with van der Waals surface area (Å²) in [7, 11) is 0. The maximum atomic E-state index is 11.3. The van der Waals surface area contributed by atoms with Crippen LogP contribution in [0, 0.1) is 0 Å². The molecule has 21 heteroatoms. The van der Waals surface area contributed by atoms with Crippen molar-refractivity contribution < 1.29 is 68.9 Å². The molecule has 4 aliphatic heterocycles. The first-order valence-corrected chi connectivity index (χ1v) is 17.7. The third-order valence-corrected chi connectivity index (χ3v) is 10.5. The Morgan fingerprint density at radius 3 is 1.78 bits per heavy atom. The summed E-state index contributed by atoms with van der Waals surface area (Å²) < 4.78 is 42.6. The molecule has 0 amide bonds. The summed E-state index contributed by atoms with van der Waals surface area (Å²) in [6.07, 6.45) is -17.3. The van der Waals surface area contributed by atoms with Gasteiger partial charge in [0.1, 0.15) is 67.1 Å². The van der Waals surface area contributed by atoms with Crippen molar-refractivity contribution in [2.24, 2.45) is 28.7 Å². The lowest BCUT2D eigenvalue weighted by molar-refractivity contribution is -0.312. The zero-order valence-corrected chi connectivity index (χ0v) is 28.5. The summed E-state index contributed by atoms with van der Waals surface area (Å²) in [5, 5.41) is 80.0. The molecule has 0 radical (unpaired) electrons. The Morgan fingerprint density at radius 1 is 0.627 bits per heavy atom. The van der Waals surface area contributed by atoms with Crippen molar-refractivity contribution in [2.75, 3.05) is 46.0 Å². The molecule has 1 saturated carbocycles. The average molecular weight is 742 g/mol. The van der Waals surface area contributed by atoms with Crippen LogP contribution in [0.5, 0.6) is 0 Å². The average Bonchev–Trinajstić information content (AvgIpc) is 3.46. The van der Waals surface area contributed by atoms with Crippen LogP contribution in [-0.4, -0.2) is 204 Å². The van der Waals surface area contributed by atoms with Gasteiger partial charge in [0.2, 0.25) is 0 Å². The van der Waals surface area contributed by atoms with Crippen LogP contribution in [0.25, 0.3) is 0 Å². The number of aliphatic hydroxyl groups excluding tert-OH is 7. The number of ether oxygens (including phenoxy) is 7. The van der Waals surface area contributed by atoms with Gasteiger partial charge in [0.25, 0.3) is 0 Å². The Kier molecular flexibility index (Phi) is 15.1. The van der Waals surface area contributed by atoms with Crippen LogP contribution in [0.15, 0.2) is 0 Å². The molecule has 5 fully saturated rings. The van der Waals surface area contributed by atoms with Crippen LogP contribution >= 0.6 is 0 Å². The lowest BCUT2D eigenvalue weighted by Gasteiger charge is -2.47. The van der Waals surface area contributed by atoms with Crippen LogP contribution in [0.1, 0.15) is 19.3 Å². The fourth-order valence-electron chi connectivity index (χ4n) is 7.34. The van der Waals surface area contributed by atoms with E-state index in [0.717, 1.165) is 25.9 Å². The van der Waals surface area contributed by atoms with E-state index < -0.39 is 129 Å². The minimum Gasteiger partial charge on any atom is -0.394 e. The molecule has 0 spiro atoms. The van der Waals surface area contributed by atoms with Crippen LogP contribution < -0.4 is 39.3 Å². The molecule has 19 atom stereocenters. The molecule has 298 valence electrons. The summed E-state index contributed by atoms with van der Waals surface area (Å²) in [6, 6.07) is -3.92. The summed E-state index contributed by atoms with van der Waals surface area (Å²) in [5.74, 6) is 0. The Labute approximate surface area is 295 Å². The summed E-state index contributed by atoms with van der Waals surface area (Å²) in [6.45, 7) is 0.989. The third-order valence-electron chi connectivity index (χ3n) is 10.5. The van der Waals surface area contributed by atoms with E-state index in [4.69, 9.17) is 61.8 Å². The third kappa shape index (κ3) is 9.35. The molecule has 0 aromatic rings. The molecule has 4 heterocycles. The van der Waals surface area contributed by atoms with Crippen molar-refractivity contribution in [2.45, 2.75) is 142 Å². The van der Waals surface area contributed by atoms with E-state index in [-0.39, 0.29) is 25.6 Å². The fourth-order valence-corrected chi connectivity index (χ4v) is 7.34. The second kappa shape index (κ2) is 18.7. The van der Waals surface area contributed by atoms with Crippen LogP contribution in [-0.2, 0) is 33.2 Å². The smallest absolute Gasteiger partial charge is 0.187 e. The first kappa shape index (κ1) is 41.3. The van der Waals surface area contributed by atoms with E-state index in [1.807, 2.05) is 0 Å². The SMILES string of the molecule is NC[C@@H]1O[C@H](O[C@H]2[C@@H](OCCNC3CCNCC3)[C@H](O[C@H]3C(O[C@H]4O[C@H](CO)[C@@H](O)[C@H](O)[C@H]4N)[C@@H](N)C[C@@H](N)[C@@H]3O)O[C@@H]2CO)[C@H](N)[C@@H](O)[C@@H]1O. The largest absolute Gasteiger partial charge is 0.394 e. The molecule has 1 aliphatic carbocycles. The predicted molar refractivity (Wildman–Crippen MR) is 174 cm³/mol. The topological polar surface area (TPSA) is 360 Å². The molecule has 51 heavy (non-hydrogen) atoms. The molecule has 0 aromatic carbocycles. The fraction of sp³-hybridized carbons (Fsp3) is 1.00. The number of hydrogen-bond donors (Lipinski definition) is 14. The van der Waals surface area contributed by atoms with Gasteiger partial charge in [-0.05, 0) is 32.4 Å². The van der Waals surface area contributed by atoms with Crippen molar-refractivity contribution in [3.05, 3.63) is 0 Å². The van der Waals surface area contributed by atoms with Gasteiger partial charge < -0.3 is 108 Å². The van der Waals surface area contributed by atoms with E-state index in [9.17, 15) is 35.7 Å². The summed E-state index contributed by atoms with van der Waals surface area (Å²) in [4.78, 5) is 0. The zero-order valence-electron chi connectivity index (χ0n) is 28.5. The number of nitrogens with one attached hydrogen (secondary N) is 2. The normalized spacial score (nSPS) is 48.6. The van der Waals surface area contributed by atoms with Gasteiger partial charge in [-0.3, -0.25) is 0 Å². The van der Waals surface area contributed by atoms with E-state index in [1.54, 1.807) is 0 Å². The van der Waals surface area contributed by atoms with Gasteiger partial charge in [-0.1, -0.05) is 0 Å². The van der Waals surface area contributed by atoms with Crippen LogP contribution in [0.4, 0.5) is 0 Å². The molecule has 21 nitrogen and oxygen atoms in total. The number of nitrogens with two attached hydrogens (primary N) is 5.